The van der Waals surface area contributed by atoms with Crippen molar-refractivity contribution in [3.8, 4) is 11.6 Å². The Morgan fingerprint density at radius 1 is 1.15 bits per heavy atom. The van der Waals surface area contributed by atoms with Gasteiger partial charge in [0.25, 0.3) is 0 Å². The molecule has 1 aliphatic rings. The molecule has 1 saturated heterocycles. The molecule has 0 radical (unpaired) electrons. The smallest absolute Gasteiger partial charge is 0.241 e. The molecule has 1 aliphatic heterocycles. The van der Waals surface area contributed by atoms with Crippen molar-refractivity contribution in [2.24, 2.45) is 0 Å². The van der Waals surface area contributed by atoms with Gasteiger partial charge in [-0.25, -0.2) is 9.37 Å². The normalized spacial score (nSPS) is 18.8. The maximum atomic E-state index is 12.9. The van der Waals surface area contributed by atoms with Crippen LogP contribution in [0.5, 0.6) is 11.6 Å². The molecule has 1 N–H and O–H groups in total. The average Bonchev–Trinajstić information content (AvgIpc) is 2.51. The Hall–Kier alpha value is -2.01. The van der Waals surface area contributed by atoms with Gasteiger partial charge in [-0.2, -0.15) is 0 Å². The van der Waals surface area contributed by atoms with E-state index in [1.165, 1.54) is 12.1 Å². The second kappa shape index (κ2) is 5.96. The Balaban J connectivity index is 1.83. The van der Waals surface area contributed by atoms with Crippen LogP contribution in [0.1, 0.15) is 24.5 Å². The van der Waals surface area contributed by atoms with Crippen LogP contribution in [0.3, 0.4) is 0 Å². The fourth-order valence-electron chi connectivity index (χ4n) is 2.39. The molecule has 104 valence electrons. The molecule has 1 aromatic carbocycles. The van der Waals surface area contributed by atoms with Crippen molar-refractivity contribution >= 4 is 0 Å². The van der Waals surface area contributed by atoms with Crippen LogP contribution in [0.15, 0.2) is 36.7 Å². The van der Waals surface area contributed by atoms with Gasteiger partial charge < -0.3 is 10.1 Å². The van der Waals surface area contributed by atoms with Crippen molar-refractivity contribution in [2.75, 3.05) is 13.1 Å². The number of hydrogen-bond donors (Lipinski definition) is 1. The summed E-state index contributed by atoms with van der Waals surface area (Å²) in [6.45, 7) is 1.93. The second-order valence-electron chi connectivity index (χ2n) is 4.85. The number of nitrogens with one attached hydrogen (secondary N) is 1. The van der Waals surface area contributed by atoms with Crippen LogP contribution in [0.4, 0.5) is 4.39 Å². The van der Waals surface area contributed by atoms with E-state index >= 15 is 0 Å². The van der Waals surface area contributed by atoms with Crippen LogP contribution in [-0.4, -0.2) is 23.1 Å². The van der Waals surface area contributed by atoms with Crippen molar-refractivity contribution < 1.29 is 9.13 Å². The molecule has 20 heavy (non-hydrogen) atoms. The summed E-state index contributed by atoms with van der Waals surface area (Å²) in [6.07, 6.45) is 5.49. The summed E-state index contributed by atoms with van der Waals surface area (Å²) in [6, 6.07) is 5.92. The van der Waals surface area contributed by atoms with Gasteiger partial charge in [-0.3, -0.25) is 4.98 Å². The number of nitrogens with zero attached hydrogens (tertiary/aromatic N) is 2. The van der Waals surface area contributed by atoms with Gasteiger partial charge in [0.2, 0.25) is 5.88 Å². The SMILES string of the molecule is Fc1ccc(Oc2nccnc2[C@@H]2CCCNC2)cc1. The maximum absolute atomic E-state index is 12.9. The number of halogens is 1. The monoisotopic (exact) mass is 273 g/mol. The largest absolute Gasteiger partial charge is 0.437 e. The summed E-state index contributed by atoms with van der Waals surface area (Å²) in [7, 11) is 0. The zero-order valence-electron chi connectivity index (χ0n) is 11.1. The van der Waals surface area contributed by atoms with Crippen LogP contribution < -0.4 is 10.1 Å². The van der Waals surface area contributed by atoms with E-state index < -0.39 is 0 Å². The lowest BCUT2D eigenvalue weighted by Crippen LogP contribution is -2.29. The molecule has 0 unspecified atom stereocenters. The molecular formula is C15H16FN3O. The van der Waals surface area contributed by atoms with Gasteiger partial charge in [0.1, 0.15) is 17.3 Å². The Labute approximate surface area is 117 Å². The van der Waals surface area contributed by atoms with Gasteiger partial charge >= 0.3 is 0 Å². The Kier molecular flexibility index (Phi) is 3.87. The third-order valence-electron chi connectivity index (χ3n) is 3.40. The second-order valence-corrected chi connectivity index (χ2v) is 4.85. The standard InChI is InChI=1S/C15H16FN3O/c16-12-3-5-13(6-4-12)20-15-14(18-8-9-19-15)11-2-1-7-17-10-11/h3-6,8-9,11,17H,1-2,7,10H2/t11-/m1/s1. The summed E-state index contributed by atoms with van der Waals surface area (Å²) in [5.74, 6) is 1.10. The molecule has 0 amide bonds. The van der Waals surface area contributed by atoms with Gasteiger partial charge in [0.15, 0.2) is 0 Å². The number of aromatic nitrogens is 2. The molecule has 5 heteroatoms. The highest BCUT2D eigenvalue weighted by atomic mass is 19.1. The molecule has 1 atom stereocenters. The summed E-state index contributed by atoms with van der Waals surface area (Å²) < 4.78 is 18.7. The molecular weight excluding hydrogens is 257 g/mol. The predicted octanol–water partition coefficient (Wildman–Crippen LogP) is 2.88. The summed E-state index contributed by atoms with van der Waals surface area (Å²) in [4.78, 5) is 8.68. The van der Waals surface area contributed by atoms with Gasteiger partial charge in [0, 0.05) is 24.9 Å². The number of benzene rings is 1. The molecule has 2 heterocycles. The van der Waals surface area contributed by atoms with E-state index in [0.717, 1.165) is 31.6 Å². The van der Waals surface area contributed by atoms with Crippen LogP contribution in [0.2, 0.25) is 0 Å². The summed E-state index contributed by atoms with van der Waals surface area (Å²) in [5, 5.41) is 3.36. The first-order valence-corrected chi connectivity index (χ1v) is 6.78. The van der Waals surface area contributed by atoms with Crippen LogP contribution in [-0.2, 0) is 0 Å². The Bertz CT molecular complexity index is 568. The minimum absolute atomic E-state index is 0.284. The third kappa shape index (κ3) is 2.93. The Morgan fingerprint density at radius 2 is 1.95 bits per heavy atom. The van der Waals surface area contributed by atoms with Crippen molar-refractivity contribution in [1.82, 2.24) is 15.3 Å². The predicted molar refractivity (Wildman–Crippen MR) is 73.4 cm³/mol. The quantitative estimate of drug-likeness (QED) is 0.934. The number of rotatable bonds is 3. The Morgan fingerprint density at radius 3 is 2.70 bits per heavy atom. The van der Waals surface area contributed by atoms with E-state index in [-0.39, 0.29) is 5.82 Å². The fourth-order valence-corrected chi connectivity index (χ4v) is 2.39. The first kappa shape index (κ1) is 13.0. The minimum Gasteiger partial charge on any atom is -0.437 e. The summed E-state index contributed by atoms with van der Waals surface area (Å²) in [5.41, 5.74) is 0.865. The van der Waals surface area contributed by atoms with E-state index in [1.807, 2.05) is 0 Å². The molecule has 3 rings (SSSR count). The minimum atomic E-state index is -0.284. The van der Waals surface area contributed by atoms with Crippen molar-refractivity contribution in [3.63, 3.8) is 0 Å². The van der Waals surface area contributed by atoms with Gasteiger partial charge in [-0.1, -0.05) is 0 Å². The average molecular weight is 273 g/mol. The lowest BCUT2D eigenvalue weighted by atomic mass is 9.96. The van der Waals surface area contributed by atoms with Crippen molar-refractivity contribution in [3.05, 3.63) is 48.2 Å². The highest BCUT2D eigenvalue weighted by Gasteiger charge is 2.21. The van der Waals surface area contributed by atoms with Crippen LogP contribution >= 0.6 is 0 Å². The fraction of sp³-hybridized carbons (Fsp3) is 0.333. The number of ether oxygens (including phenoxy) is 1. The number of hydrogen-bond acceptors (Lipinski definition) is 4. The molecule has 0 spiro atoms. The number of piperidine rings is 1. The molecule has 2 aromatic rings. The molecule has 0 bridgehead atoms. The van der Waals surface area contributed by atoms with Gasteiger partial charge in [0.05, 0.1) is 0 Å². The van der Waals surface area contributed by atoms with E-state index in [0.29, 0.717) is 17.5 Å². The topological polar surface area (TPSA) is 47.0 Å². The first-order chi connectivity index (χ1) is 9.83. The first-order valence-electron chi connectivity index (χ1n) is 6.78. The molecule has 0 aliphatic carbocycles. The van der Waals surface area contributed by atoms with Gasteiger partial charge in [-0.05, 0) is 43.7 Å². The molecule has 1 fully saturated rings. The third-order valence-corrected chi connectivity index (χ3v) is 3.40. The molecule has 1 aromatic heterocycles. The zero-order chi connectivity index (χ0) is 13.8. The zero-order valence-corrected chi connectivity index (χ0v) is 11.1. The van der Waals surface area contributed by atoms with E-state index in [4.69, 9.17) is 4.74 Å². The lowest BCUT2D eigenvalue weighted by Gasteiger charge is -2.23. The van der Waals surface area contributed by atoms with Gasteiger partial charge in [-0.15, -0.1) is 0 Å². The lowest BCUT2D eigenvalue weighted by molar-refractivity contribution is 0.411. The van der Waals surface area contributed by atoms with Crippen LogP contribution in [0, 0.1) is 5.82 Å². The van der Waals surface area contributed by atoms with E-state index in [2.05, 4.69) is 15.3 Å². The maximum Gasteiger partial charge on any atom is 0.241 e. The van der Waals surface area contributed by atoms with Crippen molar-refractivity contribution in [1.29, 1.82) is 0 Å². The summed E-state index contributed by atoms with van der Waals surface area (Å²) >= 11 is 0. The van der Waals surface area contributed by atoms with Crippen molar-refractivity contribution in [2.45, 2.75) is 18.8 Å². The molecule has 4 nitrogen and oxygen atoms in total. The van der Waals surface area contributed by atoms with E-state index in [1.54, 1.807) is 24.5 Å². The highest BCUT2D eigenvalue weighted by molar-refractivity contribution is 5.31. The van der Waals surface area contributed by atoms with E-state index in [9.17, 15) is 4.39 Å². The highest BCUT2D eigenvalue weighted by Crippen LogP contribution is 2.30. The molecule has 0 saturated carbocycles. The van der Waals surface area contributed by atoms with Crippen LogP contribution in [0.25, 0.3) is 0 Å².